The van der Waals surface area contributed by atoms with Gasteiger partial charge in [0.1, 0.15) is 0 Å². The van der Waals surface area contributed by atoms with Gasteiger partial charge in [-0.25, -0.2) is 4.79 Å². The Kier molecular flexibility index (Phi) is 4.27. The first-order valence-corrected chi connectivity index (χ1v) is 6.50. The maximum atomic E-state index is 12.1. The monoisotopic (exact) mass is 281 g/mol. The van der Waals surface area contributed by atoms with Crippen LogP contribution in [0, 0.1) is 6.92 Å². The van der Waals surface area contributed by atoms with Crippen LogP contribution in [0.15, 0.2) is 18.2 Å². The van der Waals surface area contributed by atoms with E-state index in [0.717, 1.165) is 17.7 Å². The Balaban J connectivity index is 1.98. The fourth-order valence-corrected chi connectivity index (χ4v) is 2.14. The van der Waals surface area contributed by atoms with Gasteiger partial charge in [0.15, 0.2) is 0 Å². The molecular weight excluding hydrogens is 266 g/mol. The molecule has 1 saturated heterocycles. The van der Waals surface area contributed by atoms with E-state index < -0.39 is 0 Å². The molecule has 102 valence electrons. The normalized spacial score (nSPS) is 15.3. The molecule has 0 aliphatic carbocycles. The van der Waals surface area contributed by atoms with Crippen molar-refractivity contribution >= 4 is 29.7 Å². The number of nitrogens with one attached hydrogen (secondary N) is 1. The number of rotatable bonds is 2. The van der Waals surface area contributed by atoms with Gasteiger partial charge in [-0.2, -0.15) is 0 Å². The lowest BCUT2D eigenvalue weighted by atomic mass is 10.2. The summed E-state index contributed by atoms with van der Waals surface area (Å²) >= 11 is 6.01. The molecule has 0 spiro atoms. The Hall–Kier alpha value is -1.75. The molecule has 0 radical (unpaired) electrons. The quantitative estimate of drug-likeness (QED) is 0.843. The van der Waals surface area contributed by atoms with Gasteiger partial charge in [-0.05, 0) is 24.6 Å². The molecule has 0 unspecified atom stereocenters. The highest BCUT2D eigenvalue weighted by molar-refractivity contribution is 6.31. The summed E-state index contributed by atoms with van der Waals surface area (Å²) in [5, 5.41) is 3.48. The van der Waals surface area contributed by atoms with Crippen molar-refractivity contribution in [3.05, 3.63) is 28.8 Å². The van der Waals surface area contributed by atoms with Crippen molar-refractivity contribution in [2.24, 2.45) is 0 Å². The summed E-state index contributed by atoms with van der Waals surface area (Å²) in [6, 6.07) is 5.25. The topological polar surface area (TPSA) is 52.7 Å². The molecule has 2 rings (SSSR count). The maximum absolute atomic E-state index is 12.1. The summed E-state index contributed by atoms with van der Waals surface area (Å²) in [4.78, 5) is 26.0. The van der Waals surface area contributed by atoms with Crippen LogP contribution in [0.3, 0.4) is 0 Å². The summed E-state index contributed by atoms with van der Waals surface area (Å²) in [5.74, 6) is 0. The average molecular weight is 282 g/mol. The smallest absolute Gasteiger partial charge is 0.321 e. The van der Waals surface area contributed by atoms with Crippen LogP contribution in [0.2, 0.25) is 5.02 Å². The molecule has 19 heavy (non-hydrogen) atoms. The summed E-state index contributed by atoms with van der Waals surface area (Å²) in [7, 11) is 0. The number of piperazine rings is 1. The van der Waals surface area contributed by atoms with Gasteiger partial charge in [0.25, 0.3) is 0 Å². The van der Waals surface area contributed by atoms with Gasteiger partial charge < -0.3 is 15.1 Å². The molecular formula is C13H16ClN3O2. The second-order valence-electron chi connectivity index (χ2n) is 4.47. The summed E-state index contributed by atoms with van der Waals surface area (Å²) in [6.07, 6.45) is 0.816. The van der Waals surface area contributed by atoms with E-state index in [0.29, 0.717) is 31.2 Å². The number of hydrogen-bond donors (Lipinski definition) is 1. The van der Waals surface area contributed by atoms with Crippen LogP contribution in [0.4, 0.5) is 10.5 Å². The number of nitrogens with zero attached hydrogens (tertiary/aromatic N) is 2. The van der Waals surface area contributed by atoms with Crippen LogP contribution in [0.5, 0.6) is 0 Å². The first-order valence-electron chi connectivity index (χ1n) is 6.12. The summed E-state index contributed by atoms with van der Waals surface area (Å²) in [6.45, 7) is 4.10. The largest absolute Gasteiger partial charge is 0.342 e. The number of urea groups is 1. The number of carbonyl (C=O) groups excluding carboxylic acids is 2. The number of amides is 3. The van der Waals surface area contributed by atoms with Crippen LogP contribution < -0.4 is 5.32 Å². The lowest BCUT2D eigenvalue weighted by Crippen LogP contribution is -2.49. The molecule has 6 heteroatoms. The van der Waals surface area contributed by atoms with Crippen molar-refractivity contribution in [1.29, 1.82) is 0 Å². The zero-order valence-corrected chi connectivity index (χ0v) is 11.5. The molecule has 1 heterocycles. The van der Waals surface area contributed by atoms with E-state index in [1.165, 1.54) is 0 Å². The number of anilines is 1. The van der Waals surface area contributed by atoms with E-state index in [1.807, 2.05) is 13.0 Å². The Morgan fingerprint density at radius 1 is 1.32 bits per heavy atom. The standard InChI is InChI=1S/C13H16ClN3O2/c1-10-11(14)3-2-4-12(10)15-13(19)17-7-5-16(9-18)6-8-17/h2-4,9H,5-8H2,1H3,(H,15,19). The average Bonchev–Trinajstić information content (AvgIpc) is 2.44. The third-order valence-electron chi connectivity index (χ3n) is 3.26. The second kappa shape index (κ2) is 5.93. The molecule has 1 N–H and O–H groups in total. The molecule has 1 aromatic carbocycles. The van der Waals surface area contributed by atoms with Crippen LogP contribution >= 0.6 is 11.6 Å². The van der Waals surface area contributed by atoms with Crippen molar-refractivity contribution in [3.63, 3.8) is 0 Å². The van der Waals surface area contributed by atoms with Gasteiger partial charge in [-0.1, -0.05) is 17.7 Å². The van der Waals surface area contributed by atoms with Crippen LogP contribution in [-0.2, 0) is 4.79 Å². The first kappa shape index (κ1) is 13.7. The van der Waals surface area contributed by atoms with E-state index >= 15 is 0 Å². The van der Waals surface area contributed by atoms with E-state index in [2.05, 4.69) is 5.32 Å². The molecule has 1 fully saturated rings. The Labute approximate surface area is 117 Å². The molecule has 0 saturated carbocycles. The zero-order chi connectivity index (χ0) is 13.8. The van der Waals surface area contributed by atoms with E-state index in [-0.39, 0.29) is 6.03 Å². The first-order chi connectivity index (χ1) is 9.11. The van der Waals surface area contributed by atoms with Gasteiger partial charge in [0, 0.05) is 36.9 Å². The number of hydrogen-bond acceptors (Lipinski definition) is 2. The van der Waals surface area contributed by atoms with Crippen molar-refractivity contribution in [3.8, 4) is 0 Å². The fourth-order valence-electron chi connectivity index (χ4n) is 1.97. The predicted octanol–water partition coefficient (Wildman–Crippen LogP) is 1.95. The molecule has 5 nitrogen and oxygen atoms in total. The molecule has 0 atom stereocenters. The lowest BCUT2D eigenvalue weighted by Gasteiger charge is -2.32. The minimum atomic E-state index is -0.157. The van der Waals surface area contributed by atoms with Crippen molar-refractivity contribution < 1.29 is 9.59 Å². The third kappa shape index (κ3) is 3.17. The summed E-state index contributed by atoms with van der Waals surface area (Å²) in [5.41, 5.74) is 1.57. The zero-order valence-electron chi connectivity index (χ0n) is 10.7. The Morgan fingerprint density at radius 2 is 2.00 bits per heavy atom. The van der Waals surface area contributed by atoms with Gasteiger partial charge >= 0.3 is 6.03 Å². The number of carbonyl (C=O) groups is 2. The van der Waals surface area contributed by atoms with E-state index in [9.17, 15) is 9.59 Å². The molecule has 1 aliphatic rings. The highest BCUT2D eigenvalue weighted by Crippen LogP contribution is 2.23. The van der Waals surface area contributed by atoms with Gasteiger partial charge in [0.05, 0.1) is 0 Å². The molecule has 0 bridgehead atoms. The van der Waals surface area contributed by atoms with Crippen molar-refractivity contribution in [1.82, 2.24) is 9.80 Å². The molecule has 3 amide bonds. The van der Waals surface area contributed by atoms with E-state index in [4.69, 9.17) is 11.6 Å². The molecule has 1 aromatic rings. The van der Waals surface area contributed by atoms with Crippen LogP contribution in [0.1, 0.15) is 5.56 Å². The Bertz CT molecular complexity index is 485. The van der Waals surface area contributed by atoms with Crippen LogP contribution in [0.25, 0.3) is 0 Å². The molecule has 1 aliphatic heterocycles. The highest BCUT2D eigenvalue weighted by atomic mass is 35.5. The van der Waals surface area contributed by atoms with Crippen molar-refractivity contribution in [2.45, 2.75) is 6.92 Å². The van der Waals surface area contributed by atoms with Crippen molar-refractivity contribution in [2.75, 3.05) is 31.5 Å². The third-order valence-corrected chi connectivity index (χ3v) is 3.67. The second-order valence-corrected chi connectivity index (χ2v) is 4.88. The molecule has 0 aromatic heterocycles. The lowest BCUT2D eigenvalue weighted by molar-refractivity contribution is -0.119. The number of benzene rings is 1. The Morgan fingerprint density at radius 3 is 2.63 bits per heavy atom. The van der Waals surface area contributed by atoms with E-state index in [1.54, 1.807) is 21.9 Å². The maximum Gasteiger partial charge on any atom is 0.321 e. The predicted molar refractivity (Wildman–Crippen MR) is 74.4 cm³/mol. The minimum absolute atomic E-state index is 0.157. The minimum Gasteiger partial charge on any atom is -0.342 e. The van der Waals surface area contributed by atoms with Gasteiger partial charge in [-0.15, -0.1) is 0 Å². The number of halogens is 1. The van der Waals surface area contributed by atoms with Gasteiger partial charge in [0.2, 0.25) is 6.41 Å². The fraction of sp³-hybridized carbons (Fsp3) is 0.385. The van der Waals surface area contributed by atoms with Crippen LogP contribution in [-0.4, -0.2) is 48.4 Å². The SMILES string of the molecule is Cc1c(Cl)cccc1NC(=O)N1CCN(C=O)CC1. The van der Waals surface area contributed by atoms with Gasteiger partial charge in [-0.3, -0.25) is 4.79 Å². The highest BCUT2D eigenvalue weighted by Gasteiger charge is 2.20. The summed E-state index contributed by atoms with van der Waals surface area (Å²) < 4.78 is 0.